The second-order valence-corrected chi connectivity index (χ2v) is 5.44. The Labute approximate surface area is 117 Å². The fourth-order valence-electron chi connectivity index (χ4n) is 1.56. The van der Waals surface area contributed by atoms with Crippen molar-refractivity contribution in [3.63, 3.8) is 0 Å². The van der Waals surface area contributed by atoms with Gasteiger partial charge in [-0.05, 0) is 25.1 Å². The summed E-state index contributed by atoms with van der Waals surface area (Å²) in [6, 6.07) is 10.2. The van der Waals surface area contributed by atoms with Crippen LogP contribution < -0.4 is 5.32 Å². The Hall–Kier alpha value is -1.75. The number of hydrogen-bond donors (Lipinski definition) is 2. The summed E-state index contributed by atoms with van der Waals surface area (Å²) in [5, 5.41) is 9.50. The van der Waals surface area contributed by atoms with Crippen LogP contribution >= 0.6 is 11.8 Å². The number of carbonyl (C=O) groups excluding carboxylic acids is 1. The number of rotatable bonds is 6. The van der Waals surface area contributed by atoms with Crippen molar-refractivity contribution in [1.82, 2.24) is 15.5 Å². The van der Waals surface area contributed by atoms with Crippen LogP contribution in [0.4, 0.5) is 0 Å². The second kappa shape index (κ2) is 6.99. The Balaban J connectivity index is 1.65. The molecule has 1 aromatic heterocycles. The quantitative estimate of drug-likeness (QED) is 0.796. The zero-order valence-electron chi connectivity index (χ0n) is 10.8. The van der Waals surface area contributed by atoms with Gasteiger partial charge in [-0.2, -0.15) is 5.10 Å². The van der Waals surface area contributed by atoms with Crippen LogP contribution in [0.3, 0.4) is 0 Å². The van der Waals surface area contributed by atoms with Gasteiger partial charge in [0.05, 0.1) is 12.2 Å². The third-order valence-electron chi connectivity index (χ3n) is 2.65. The third kappa shape index (κ3) is 4.79. The molecule has 5 heteroatoms. The first-order valence-electron chi connectivity index (χ1n) is 6.18. The molecule has 0 spiro atoms. The highest BCUT2D eigenvalue weighted by Crippen LogP contribution is 2.18. The zero-order chi connectivity index (χ0) is 13.5. The molecule has 0 saturated carbocycles. The number of aromatic nitrogens is 2. The van der Waals surface area contributed by atoms with Crippen molar-refractivity contribution in [2.45, 2.75) is 24.8 Å². The van der Waals surface area contributed by atoms with E-state index < -0.39 is 0 Å². The van der Waals surface area contributed by atoms with Crippen molar-refractivity contribution in [3.05, 3.63) is 47.8 Å². The monoisotopic (exact) mass is 275 g/mol. The molecule has 0 fully saturated rings. The van der Waals surface area contributed by atoms with Gasteiger partial charge in [-0.25, -0.2) is 0 Å². The highest BCUT2D eigenvalue weighted by Gasteiger charge is 2.02. The molecule has 4 nitrogen and oxygen atoms in total. The summed E-state index contributed by atoms with van der Waals surface area (Å²) in [6.45, 7) is 2.57. The molecule has 0 saturated heterocycles. The average molecular weight is 275 g/mol. The molecule has 0 atom stereocenters. The fourth-order valence-corrected chi connectivity index (χ4v) is 2.41. The van der Waals surface area contributed by atoms with Crippen LogP contribution in [0.15, 0.2) is 41.4 Å². The standard InChI is InChI=1S/C14H17N3OS/c1-11-2-4-13(5-3-11)19-9-7-14(18)15-10-12-6-8-16-17-12/h2-6,8H,7,9-10H2,1H3,(H,15,18)(H,16,17). The van der Waals surface area contributed by atoms with Crippen molar-refractivity contribution in [2.75, 3.05) is 5.75 Å². The van der Waals surface area contributed by atoms with E-state index in [1.807, 2.05) is 6.07 Å². The summed E-state index contributed by atoms with van der Waals surface area (Å²) < 4.78 is 0. The maximum atomic E-state index is 11.6. The van der Waals surface area contributed by atoms with Crippen LogP contribution in [0.2, 0.25) is 0 Å². The van der Waals surface area contributed by atoms with E-state index in [1.165, 1.54) is 10.5 Å². The molecule has 0 aliphatic heterocycles. The predicted molar refractivity (Wildman–Crippen MR) is 77.0 cm³/mol. The SMILES string of the molecule is Cc1ccc(SCCC(=O)NCc2ccn[nH]2)cc1. The number of nitrogens with one attached hydrogen (secondary N) is 2. The Kier molecular flexibility index (Phi) is 5.03. The Morgan fingerprint density at radius 2 is 2.11 bits per heavy atom. The minimum absolute atomic E-state index is 0.0641. The van der Waals surface area contributed by atoms with Gasteiger partial charge < -0.3 is 5.32 Å². The van der Waals surface area contributed by atoms with Crippen LogP contribution in [0.25, 0.3) is 0 Å². The molecular formula is C14H17N3OS. The largest absolute Gasteiger partial charge is 0.350 e. The average Bonchev–Trinajstić information content (AvgIpc) is 2.92. The first-order chi connectivity index (χ1) is 9.24. The van der Waals surface area contributed by atoms with E-state index in [0.717, 1.165) is 11.4 Å². The number of benzene rings is 1. The summed E-state index contributed by atoms with van der Waals surface area (Å²) in [7, 11) is 0. The lowest BCUT2D eigenvalue weighted by atomic mass is 10.2. The number of aromatic amines is 1. The van der Waals surface area contributed by atoms with Crippen LogP contribution in [-0.2, 0) is 11.3 Å². The van der Waals surface area contributed by atoms with Crippen LogP contribution in [0.1, 0.15) is 17.7 Å². The molecule has 0 unspecified atom stereocenters. The van der Waals surface area contributed by atoms with E-state index >= 15 is 0 Å². The van der Waals surface area contributed by atoms with Crippen LogP contribution in [0.5, 0.6) is 0 Å². The Bertz CT molecular complexity index is 508. The number of H-pyrrole nitrogens is 1. The molecule has 0 aliphatic rings. The van der Waals surface area contributed by atoms with Crippen LogP contribution in [-0.4, -0.2) is 21.9 Å². The van der Waals surface area contributed by atoms with Gasteiger partial charge in [-0.15, -0.1) is 11.8 Å². The summed E-state index contributed by atoms with van der Waals surface area (Å²) in [5.74, 6) is 0.854. The van der Waals surface area contributed by atoms with Crippen molar-refractivity contribution in [1.29, 1.82) is 0 Å². The highest BCUT2D eigenvalue weighted by atomic mass is 32.2. The van der Waals surface area contributed by atoms with E-state index in [4.69, 9.17) is 0 Å². The van der Waals surface area contributed by atoms with E-state index in [0.29, 0.717) is 13.0 Å². The topological polar surface area (TPSA) is 57.8 Å². The minimum Gasteiger partial charge on any atom is -0.350 e. The molecule has 1 amide bonds. The molecule has 1 aromatic carbocycles. The number of nitrogens with zero attached hydrogens (tertiary/aromatic N) is 1. The molecule has 1 heterocycles. The number of thioether (sulfide) groups is 1. The fraction of sp³-hybridized carbons (Fsp3) is 0.286. The van der Waals surface area contributed by atoms with Crippen LogP contribution in [0, 0.1) is 6.92 Å². The van der Waals surface area contributed by atoms with Gasteiger partial charge in [-0.1, -0.05) is 17.7 Å². The zero-order valence-corrected chi connectivity index (χ0v) is 11.7. The summed E-state index contributed by atoms with van der Waals surface area (Å²) >= 11 is 1.70. The summed E-state index contributed by atoms with van der Waals surface area (Å²) in [5.41, 5.74) is 2.17. The molecule has 2 rings (SSSR count). The van der Waals surface area contributed by atoms with Crippen molar-refractivity contribution >= 4 is 17.7 Å². The molecule has 0 radical (unpaired) electrons. The number of aryl methyl sites for hydroxylation is 1. The van der Waals surface area contributed by atoms with Gasteiger partial charge in [0.15, 0.2) is 0 Å². The van der Waals surface area contributed by atoms with Gasteiger partial charge in [0.2, 0.25) is 5.91 Å². The lowest BCUT2D eigenvalue weighted by Crippen LogP contribution is -2.23. The summed E-state index contributed by atoms with van der Waals surface area (Å²) in [4.78, 5) is 12.8. The molecule has 19 heavy (non-hydrogen) atoms. The Morgan fingerprint density at radius 1 is 1.32 bits per heavy atom. The summed E-state index contributed by atoms with van der Waals surface area (Å²) in [6.07, 6.45) is 2.20. The van der Waals surface area contributed by atoms with Gasteiger partial charge in [-0.3, -0.25) is 9.89 Å². The Morgan fingerprint density at radius 3 is 2.79 bits per heavy atom. The number of hydrogen-bond acceptors (Lipinski definition) is 3. The smallest absolute Gasteiger partial charge is 0.221 e. The van der Waals surface area contributed by atoms with Gasteiger partial charge >= 0.3 is 0 Å². The molecule has 0 aliphatic carbocycles. The molecule has 2 aromatic rings. The van der Waals surface area contributed by atoms with Crippen molar-refractivity contribution in [3.8, 4) is 0 Å². The van der Waals surface area contributed by atoms with Gasteiger partial charge in [0.25, 0.3) is 0 Å². The molecular weight excluding hydrogens is 258 g/mol. The van der Waals surface area contributed by atoms with E-state index in [-0.39, 0.29) is 5.91 Å². The van der Waals surface area contributed by atoms with E-state index in [1.54, 1.807) is 18.0 Å². The second-order valence-electron chi connectivity index (χ2n) is 4.27. The first kappa shape index (κ1) is 13.7. The van der Waals surface area contributed by atoms with E-state index in [9.17, 15) is 4.79 Å². The molecule has 0 bridgehead atoms. The lowest BCUT2D eigenvalue weighted by Gasteiger charge is -2.04. The minimum atomic E-state index is 0.0641. The van der Waals surface area contributed by atoms with Gasteiger partial charge in [0, 0.05) is 23.3 Å². The maximum Gasteiger partial charge on any atom is 0.221 e. The lowest BCUT2D eigenvalue weighted by molar-refractivity contribution is -0.120. The molecule has 2 N–H and O–H groups in total. The first-order valence-corrected chi connectivity index (χ1v) is 7.17. The molecule has 100 valence electrons. The van der Waals surface area contributed by atoms with E-state index in [2.05, 4.69) is 46.7 Å². The maximum absolute atomic E-state index is 11.6. The normalized spacial score (nSPS) is 10.4. The number of carbonyl (C=O) groups is 1. The highest BCUT2D eigenvalue weighted by molar-refractivity contribution is 7.99. The van der Waals surface area contributed by atoms with Crippen molar-refractivity contribution < 1.29 is 4.79 Å². The number of amides is 1. The third-order valence-corrected chi connectivity index (χ3v) is 3.67. The predicted octanol–water partition coefficient (Wildman–Crippen LogP) is 2.52. The van der Waals surface area contributed by atoms with Crippen molar-refractivity contribution in [2.24, 2.45) is 0 Å². The van der Waals surface area contributed by atoms with Gasteiger partial charge in [0.1, 0.15) is 0 Å².